The number of carbonyl (C=O) groups is 1. The lowest BCUT2D eigenvalue weighted by Crippen LogP contribution is -2.46. The summed E-state index contributed by atoms with van der Waals surface area (Å²) < 4.78 is 5.20. The van der Waals surface area contributed by atoms with E-state index in [0.29, 0.717) is 11.3 Å². The van der Waals surface area contributed by atoms with Crippen molar-refractivity contribution in [3.05, 3.63) is 65.2 Å². The summed E-state index contributed by atoms with van der Waals surface area (Å²) in [6, 6.07) is 17.3. The number of benzene rings is 1. The minimum absolute atomic E-state index is 0.00425. The maximum absolute atomic E-state index is 12.5. The molecular weight excluding hydrogens is 388 g/mol. The van der Waals surface area contributed by atoms with Crippen molar-refractivity contribution in [1.29, 1.82) is 0 Å². The second-order valence-electron chi connectivity index (χ2n) is 6.98. The molecule has 1 aliphatic heterocycles. The maximum atomic E-state index is 12.5. The van der Waals surface area contributed by atoms with Gasteiger partial charge in [0.2, 0.25) is 0 Å². The van der Waals surface area contributed by atoms with Gasteiger partial charge < -0.3 is 19.6 Å². The summed E-state index contributed by atoms with van der Waals surface area (Å²) in [6.07, 6.45) is 0. The van der Waals surface area contributed by atoms with E-state index in [2.05, 4.69) is 9.80 Å². The van der Waals surface area contributed by atoms with Crippen LogP contribution in [0.2, 0.25) is 5.02 Å². The highest BCUT2D eigenvalue weighted by atomic mass is 35.5. The van der Waals surface area contributed by atoms with Crippen molar-refractivity contribution in [2.24, 2.45) is 0 Å². The van der Waals surface area contributed by atoms with Crippen LogP contribution in [-0.2, 0) is 4.74 Å². The third-order valence-electron chi connectivity index (χ3n) is 5.29. The molecular formula is C23H23ClN2O3. The van der Waals surface area contributed by atoms with Crippen molar-refractivity contribution in [2.45, 2.75) is 6.92 Å². The first-order valence-corrected chi connectivity index (χ1v) is 10.1. The zero-order valence-corrected chi connectivity index (χ0v) is 17.0. The van der Waals surface area contributed by atoms with Gasteiger partial charge in [0.05, 0.1) is 12.3 Å². The predicted octanol–water partition coefficient (Wildman–Crippen LogP) is 4.65. The molecule has 5 nitrogen and oxygen atoms in total. The molecule has 1 fully saturated rings. The first kappa shape index (κ1) is 19.4. The van der Waals surface area contributed by atoms with Crippen LogP contribution in [0.25, 0.3) is 11.1 Å². The maximum Gasteiger partial charge on any atom is 0.342 e. The minimum atomic E-state index is -0.493. The first-order valence-electron chi connectivity index (χ1n) is 9.76. The fraction of sp³-hybridized carbons (Fsp3) is 0.261. The summed E-state index contributed by atoms with van der Waals surface area (Å²) in [5.74, 6) is -0.489. The highest BCUT2D eigenvalue weighted by Gasteiger charge is 2.32. The average molecular weight is 411 g/mol. The van der Waals surface area contributed by atoms with Crippen molar-refractivity contribution >= 4 is 28.9 Å². The Kier molecular flexibility index (Phi) is 5.49. The van der Waals surface area contributed by atoms with E-state index in [0.717, 1.165) is 42.5 Å². The van der Waals surface area contributed by atoms with Crippen molar-refractivity contribution in [1.82, 2.24) is 0 Å². The fourth-order valence-corrected chi connectivity index (χ4v) is 4.04. The molecule has 6 heteroatoms. The highest BCUT2D eigenvalue weighted by Crippen LogP contribution is 2.48. The third-order valence-corrected chi connectivity index (χ3v) is 5.54. The number of hydrogen-bond acceptors (Lipinski definition) is 5. The zero-order valence-electron chi connectivity index (χ0n) is 16.3. The van der Waals surface area contributed by atoms with Gasteiger partial charge in [-0.05, 0) is 31.2 Å². The molecule has 0 spiro atoms. The summed E-state index contributed by atoms with van der Waals surface area (Å²) in [6.45, 7) is 5.10. The number of halogens is 1. The van der Waals surface area contributed by atoms with Crippen LogP contribution in [0.15, 0.2) is 54.6 Å². The molecule has 2 aliphatic carbocycles. The number of hydrogen-bond donors (Lipinski definition) is 1. The van der Waals surface area contributed by atoms with E-state index in [1.807, 2.05) is 54.6 Å². The van der Waals surface area contributed by atoms with Crippen LogP contribution in [0.3, 0.4) is 0 Å². The summed E-state index contributed by atoms with van der Waals surface area (Å²) in [5.41, 5.74) is 3.64. The highest BCUT2D eigenvalue weighted by molar-refractivity contribution is 6.30. The predicted molar refractivity (Wildman–Crippen MR) is 117 cm³/mol. The number of fused-ring (bicyclic) bond motifs is 1. The summed E-state index contributed by atoms with van der Waals surface area (Å²) in [7, 11) is 0. The van der Waals surface area contributed by atoms with Gasteiger partial charge in [0.25, 0.3) is 0 Å². The van der Waals surface area contributed by atoms with Crippen LogP contribution >= 0.6 is 11.6 Å². The molecule has 0 atom stereocenters. The molecule has 0 bridgehead atoms. The average Bonchev–Trinajstić information content (AvgIpc) is 2.84. The monoisotopic (exact) mass is 410 g/mol. The van der Waals surface area contributed by atoms with Gasteiger partial charge in [-0.25, -0.2) is 4.79 Å². The molecule has 0 aromatic heterocycles. The SMILES string of the molecule is CCOC(=O)c1c2cccccc-2c(N2CCN(c3ccc(Cl)cc3)CC2)c1O. The number of rotatable bonds is 4. The minimum Gasteiger partial charge on any atom is -0.505 e. The lowest BCUT2D eigenvalue weighted by atomic mass is 10.1. The second-order valence-corrected chi connectivity index (χ2v) is 7.42. The third kappa shape index (κ3) is 3.70. The molecule has 0 saturated carbocycles. The molecule has 4 rings (SSSR count). The standard InChI is InChI=1S/C23H23ClN2O3/c1-2-29-23(28)20-18-6-4-3-5-7-19(18)21(22(20)27)26-14-12-25(13-15-26)17-10-8-16(24)9-11-17/h3-11,27H,2,12-15H2,1H3. The Bertz CT molecular complexity index is 982. The smallest absolute Gasteiger partial charge is 0.342 e. The summed E-state index contributed by atoms with van der Waals surface area (Å²) in [4.78, 5) is 17.0. The summed E-state index contributed by atoms with van der Waals surface area (Å²) in [5, 5.41) is 11.7. The molecule has 1 aromatic rings. The number of nitrogens with zero attached hydrogens (tertiary/aromatic N) is 2. The number of ether oxygens (including phenoxy) is 1. The van der Waals surface area contributed by atoms with E-state index in [9.17, 15) is 9.90 Å². The van der Waals surface area contributed by atoms with Crippen molar-refractivity contribution in [2.75, 3.05) is 42.6 Å². The van der Waals surface area contributed by atoms with Gasteiger partial charge in [-0.2, -0.15) is 0 Å². The summed E-state index contributed by atoms with van der Waals surface area (Å²) >= 11 is 6.00. The van der Waals surface area contributed by atoms with Crippen LogP contribution in [0.5, 0.6) is 5.75 Å². The second kappa shape index (κ2) is 8.21. The molecule has 3 aliphatic rings. The number of piperazine rings is 1. The van der Waals surface area contributed by atoms with Crippen LogP contribution in [0.1, 0.15) is 17.3 Å². The molecule has 0 amide bonds. The van der Waals surface area contributed by atoms with Crippen LogP contribution < -0.4 is 9.80 Å². The van der Waals surface area contributed by atoms with E-state index in [-0.39, 0.29) is 17.9 Å². The van der Waals surface area contributed by atoms with Gasteiger partial charge >= 0.3 is 5.97 Å². The largest absolute Gasteiger partial charge is 0.505 e. The van der Waals surface area contributed by atoms with Gasteiger partial charge in [0.15, 0.2) is 5.75 Å². The molecule has 1 aromatic carbocycles. The molecule has 29 heavy (non-hydrogen) atoms. The molecule has 0 radical (unpaired) electrons. The Balaban J connectivity index is 1.64. The van der Waals surface area contributed by atoms with E-state index < -0.39 is 5.97 Å². The quantitative estimate of drug-likeness (QED) is 0.634. The van der Waals surface area contributed by atoms with Crippen LogP contribution in [0.4, 0.5) is 11.4 Å². The van der Waals surface area contributed by atoms with Crippen molar-refractivity contribution in [3.63, 3.8) is 0 Å². The zero-order chi connectivity index (χ0) is 20.4. The Morgan fingerprint density at radius 1 is 0.966 bits per heavy atom. The van der Waals surface area contributed by atoms with E-state index in [1.54, 1.807) is 6.92 Å². The van der Waals surface area contributed by atoms with Gasteiger partial charge in [-0.15, -0.1) is 0 Å². The number of carbonyl (C=O) groups excluding carboxylic acids is 1. The number of aromatic hydroxyl groups is 1. The molecule has 1 N–H and O–H groups in total. The Labute approximate surface area is 175 Å². The van der Waals surface area contributed by atoms with Gasteiger partial charge in [0.1, 0.15) is 5.56 Å². The number of esters is 1. The normalized spacial score (nSPS) is 14.3. The lowest BCUT2D eigenvalue weighted by molar-refractivity contribution is 0.0524. The Morgan fingerprint density at radius 2 is 1.59 bits per heavy atom. The lowest BCUT2D eigenvalue weighted by Gasteiger charge is -2.37. The van der Waals surface area contributed by atoms with E-state index in [1.165, 1.54) is 0 Å². The van der Waals surface area contributed by atoms with E-state index >= 15 is 0 Å². The fourth-order valence-electron chi connectivity index (χ4n) is 3.92. The van der Waals surface area contributed by atoms with Gasteiger partial charge in [-0.1, -0.05) is 41.9 Å². The molecule has 1 heterocycles. The van der Waals surface area contributed by atoms with Gasteiger partial charge in [0, 0.05) is 48.0 Å². The van der Waals surface area contributed by atoms with Crippen molar-refractivity contribution in [3.8, 4) is 16.9 Å². The van der Waals surface area contributed by atoms with E-state index in [4.69, 9.17) is 16.3 Å². The first-order chi connectivity index (χ1) is 14.1. The molecule has 150 valence electrons. The Hall–Kier alpha value is -2.92. The van der Waals surface area contributed by atoms with Gasteiger partial charge in [-0.3, -0.25) is 0 Å². The number of anilines is 2. The Morgan fingerprint density at radius 3 is 2.24 bits per heavy atom. The van der Waals surface area contributed by atoms with Crippen LogP contribution in [0, 0.1) is 0 Å². The topological polar surface area (TPSA) is 53.0 Å². The van der Waals surface area contributed by atoms with Crippen molar-refractivity contribution < 1.29 is 14.6 Å². The molecule has 1 saturated heterocycles. The van der Waals surface area contributed by atoms with Crippen LogP contribution in [-0.4, -0.2) is 43.9 Å². The molecule has 0 unspecified atom stereocenters.